The second-order valence-corrected chi connectivity index (χ2v) is 6.55. The molecule has 0 N–H and O–H groups in total. The van der Waals surface area contributed by atoms with Crippen LogP contribution in [0.2, 0.25) is 13.1 Å². The Morgan fingerprint density at radius 1 is 1.33 bits per heavy atom. The van der Waals surface area contributed by atoms with Crippen molar-refractivity contribution in [1.82, 2.24) is 4.90 Å². The van der Waals surface area contributed by atoms with Gasteiger partial charge in [0.25, 0.3) is 0 Å². The summed E-state index contributed by atoms with van der Waals surface area (Å²) in [5.41, 5.74) is 0. The molecule has 1 heterocycles. The van der Waals surface area contributed by atoms with Crippen LogP contribution in [0.15, 0.2) is 0 Å². The van der Waals surface area contributed by atoms with Crippen LogP contribution in [0.25, 0.3) is 0 Å². The number of hydrogen-bond acceptors (Lipinski definition) is 2. The second-order valence-electron chi connectivity index (χ2n) is 3.07. The monoisotopic (exact) mass is 204 g/mol. The minimum absolute atomic E-state index is 0.119. The summed E-state index contributed by atoms with van der Waals surface area (Å²) in [5, 5.41) is -0.377. The number of halogens is 1. The smallest absolute Gasteiger partial charge is 0.230 e. The van der Waals surface area contributed by atoms with Crippen molar-refractivity contribution in [2.45, 2.75) is 31.1 Å². The molecule has 5 heteroatoms. The number of rotatable bonds is 2. The zero-order valence-corrected chi connectivity index (χ0v) is 8.89. The highest BCUT2D eigenvalue weighted by Gasteiger charge is 2.35. The molecule has 1 saturated heterocycles. The van der Waals surface area contributed by atoms with Crippen LogP contribution in [0.1, 0.15) is 12.8 Å². The van der Waals surface area contributed by atoms with Gasteiger partial charge in [0.05, 0.1) is 8.80 Å². The molecule has 12 heavy (non-hydrogen) atoms. The lowest BCUT2D eigenvalue weighted by molar-refractivity contribution is -0.138. The van der Waals surface area contributed by atoms with Gasteiger partial charge in [-0.3, -0.25) is 14.5 Å². The van der Waals surface area contributed by atoms with Gasteiger partial charge in [-0.15, -0.1) is 11.6 Å². The standard InChI is InChI=1S/C7H11ClNO2Si/c1-12(2)7(8)9-5(10)3-4-6(9)11/h7H,3-4H2,1-2H3. The highest BCUT2D eigenvalue weighted by molar-refractivity contribution is 6.67. The zero-order chi connectivity index (χ0) is 9.30. The van der Waals surface area contributed by atoms with Crippen molar-refractivity contribution >= 4 is 32.2 Å². The molecular formula is C7H11ClNO2Si. The number of likely N-dealkylation sites (tertiary alicyclic amines) is 1. The number of imide groups is 1. The van der Waals surface area contributed by atoms with Crippen molar-refractivity contribution in [2.75, 3.05) is 0 Å². The van der Waals surface area contributed by atoms with E-state index in [1.54, 1.807) is 0 Å². The van der Waals surface area contributed by atoms with E-state index in [0.717, 1.165) is 0 Å². The first-order valence-corrected chi connectivity index (χ1v) is 6.84. The first-order chi connectivity index (χ1) is 5.54. The van der Waals surface area contributed by atoms with Crippen LogP contribution >= 0.6 is 11.6 Å². The third-order valence-electron chi connectivity index (χ3n) is 1.79. The predicted molar refractivity (Wildman–Crippen MR) is 48.2 cm³/mol. The average molecular weight is 205 g/mol. The minimum Gasteiger partial charge on any atom is -0.274 e. The number of nitrogens with zero attached hydrogens (tertiary/aromatic N) is 1. The largest absolute Gasteiger partial charge is 0.274 e. The Balaban J connectivity index is 2.72. The van der Waals surface area contributed by atoms with Gasteiger partial charge in [-0.2, -0.15) is 0 Å². The van der Waals surface area contributed by atoms with Crippen LogP contribution in [0.4, 0.5) is 0 Å². The average Bonchev–Trinajstić information content (AvgIpc) is 2.30. The lowest BCUT2D eigenvalue weighted by atomic mass is 10.4. The number of hydrogen-bond donors (Lipinski definition) is 0. The summed E-state index contributed by atoms with van der Waals surface area (Å²) in [6.07, 6.45) is 0.661. The molecule has 0 aromatic heterocycles. The summed E-state index contributed by atoms with van der Waals surface area (Å²) in [6, 6.07) is 0. The number of amides is 2. The Morgan fingerprint density at radius 2 is 1.75 bits per heavy atom. The molecule has 0 aromatic rings. The summed E-state index contributed by atoms with van der Waals surface area (Å²) < 4.78 is 0. The molecule has 0 aliphatic carbocycles. The summed E-state index contributed by atoms with van der Waals surface area (Å²) in [4.78, 5) is 23.6. The quantitative estimate of drug-likeness (QED) is 0.291. The highest BCUT2D eigenvalue weighted by atomic mass is 35.5. The van der Waals surface area contributed by atoms with Crippen molar-refractivity contribution < 1.29 is 9.59 Å². The van der Waals surface area contributed by atoms with Crippen LogP contribution in [0.3, 0.4) is 0 Å². The maximum Gasteiger partial charge on any atom is 0.230 e. The van der Waals surface area contributed by atoms with E-state index in [2.05, 4.69) is 0 Å². The van der Waals surface area contributed by atoms with E-state index >= 15 is 0 Å². The van der Waals surface area contributed by atoms with Crippen molar-refractivity contribution in [1.29, 1.82) is 0 Å². The van der Waals surface area contributed by atoms with Gasteiger partial charge in [0.1, 0.15) is 5.12 Å². The summed E-state index contributed by atoms with van der Waals surface area (Å²) in [6.45, 7) is 3.97. The van der Waals surface area contributed by atoms with Crippen molar-refractivity contribution in [3.63, 3.8) is 0 Å². The van der Waals surface area contributed by atoms with Crippen LogP contribution in [0.5, 0.6) is 0 Å². The fraction of sp³-hybridized carbons (Fsp3) is 0.714. The van der Waals surface area contributed by atoms with Gasteiger partial charge < -0.3 is 0 Å². The SMILES string of the molecule is C[Si](C)C(Cl)N1C(=O)CCC1=O. The number of carbonyl (C=O) groups is 2. The van der Waals surface area contributed by atoms with E-state index in [4.69, 9.17) is 11.6 Å². The first kappa shape index (κ1) is 9.73. The van der Waals surface area contributed by atoms with Crippen LogP contribution in [-0.2, 0) is 9.59 Å². The van der Waals surface area contributed by atoms with E-state index < -0.39 is 8.80 Å². The molecule has 1 atom stereocenters. The van der Waals surface area contributed by atoms with Crippen LogP contribution < -0.4 is 0 Å². The van der Waals surface area contributed by atoms with Gasteiger partial charge in [0.15, 0.2) is 0 Å². The molecule has 1 unspecified atom stereocenters. The van der Waals surface area contributed by atoms with Gasteiger partial charge in [-0.1, -0.05) is 13.1 Å². The molecule has 0 bridgehead atoms. The predicted octanol–water partition coefficient (Wildman–Crippen LogP) is 0.994. The third kappa shape index (κ3) is 1.69. The van der Waals surface area contributed by atoms with Crippen LogP contribution in [-0.4, -0.2) is 30.6 Å². The molecule has 1 rings (SSSR count). The Hall–Kier alpha value is -0.353. The Labute approximate surface area is 78.3 Å². The molecule has 1 radical (unpaired) electrons. The normalized spacial score (nSPS) is 20.8. The van der Waals surface area contributed by atoms with Gasteiger partial charge in [-0.25, -0.2) is 0 Å². The maximum absolute atomic E-state index is 11.2. The van der Waals surface area contributed by atoms with Gasteiger partial charge >= 0.3 is 0 Å². The van der Waals surface area contributed by atoms with Crippen molar-refractivity contribution in [2.24, 2.45) is 0 Å². The molecule has 0 spiro atoms. The number of carbonyl (C=O) groups excluding carboxylic acids is 2. The van der Waals surface area contributed by atoms with Crippen LogP contribution in [0, 0.1) is 0 Å². The first-order valence-electron chi connectivity index (χ1n) is 3.83. The highest BCUT2D eigenvalue weighted by Crippen LogP contribution is 2.19. The molecule has 1 fully saturated rings. The summed E-state index contributed by atoms with van der Waals surface area (Å²) >= 11 is 5.94. The Bertz CT molecular complexity index is 203. The van der Waals surface area contributed by atoms with Crippen molar-refractivity contribution in [3.8, 4) is 0 Å². The fourth-order valence-electron chi connectivity index (χ4n) is 1.10. The third-order valence-corrected chi connectivity index (χ3v) is 4.51. The Kier molecular flexibility index (Phi) is 2.90. The fourth-order valence-corrected chi connectivity index (χ4v) is 2.13. The topological polar surface area (TPSA) is 37.4 Å². The molecule has 3 nitrogen and oxygen atoms in total. The molecular weight excluding hydrogens is 194 g/mol. The molecule has 67 valence electrons. The zero-order valence-electron chi connectivity index (χ0n) is 7.13. The summed E-state index contributed by atoms with van der Waals surface area (Å²) in [5.74, 6) is -0.239. The molecule has 1 aliphatic heterocycles. The van der Waals surface area contributed by atoms with E-state index in [9.17, 15) is 9.59 Å². The lowest BCUT2D eigenvalue weighted by Crippen LogP contribution is -2.42. The Morgan fingerprint density at radius 3 is 2.08 bits per heavy atom. The van der Waals surface area contributed by atoms with E-state index in [0.29, 0.717) is 12.8 Å². The van der Waals surface area contributed by atoms with Gasteiger partial charge in [0.2, 0.25) is 11.8 Å². The molecule has 0 aromatic carbocycles. The molecule has 2 amide bonds. The summed E-state index contributed by atoms with van der Waals surface area (Å²) in [7, 11) is -0.811. The number of alkyl halides is 1. The maximum atomic E-state index is 11.2. The second kappa shape index (κ2) is 3.58. The van der Waals surface area contributed by atoms with Gasteiger partial charge in [-0.05, 0) is 0 Å². The van der Waals surface area contributed by atoms with E-state index in [1.807, 2.05) is 13.1 Å². The minimum atomic E-state index is -0.811. The van der Waals surface area contributed by atoms with Crippen molar-refractivity contribution in [3.05, 3.63) is 0 Å². The molecule has 1 aliphatic rings. The molecule has 0 saturated carbocycles. The lowest BCUT2D eigenvalue weighted by Gasteiger charge is -2.22. The van der Waals surface area contributed by atoms with Gasteiger partial charge in [0, 0.05) is 12.8 Å². The van der Waals surface area contributed by atoms with E-state index in [1.165, 1.54) is 4.90 Å². The van der Waals surface area contributed by atoms with E-state index in [-0.39, 0.29) is 16.9 Å².